The van der Waals surface area contributed by atoms with Crippen LogP contribution in [0.15, 0.2) is 24.3 Å². The van der Waals surface area contributed by atoms with Crippen LogP contribution in [0.2, 0.25) is 0 Å². The quantitative estimate of drug-likeness (QED) is 0.889. The molecule has 2 atom stereocenters. The summed E-state index contributed by atoms with van der Waals surface area (Å²) < 4.78 is 0. The minimum absolute atomic E-state index is 0.402. The molecular weight excluding hydrogens is 224 g/mol. The van der Waals surface area contributed by atoms with Gasteiger partial charge in [-0.25, -0.2) is 0 Å². The van der Waals surface area contributed by atoms with Crippen LogP contribution >= 0.6 is 0 Å². The maximum Gasteiger partial charge on any atom is 0.0781 e. The van der Waals surface area contributed by atoms with Crippen LogP contribution in [-0.2, 0) is 0 Å². The molecule has 1 aliphatic rings. The van der Waals surface area contributed by atoms with E-state index in [0.29, 0.717) is 6.04 Å². The fraction of sp³-hybridized carbons (Fsp3) is 0.600. The Hall–Kier alpha value is -1.06. The first kappa shape index (κ1) is 13.4. The second-order valence-corrected chi connectivity index (χ2v) is 5.22. The molecule has 1 unspecified atom stereocenters. The van der Waals surface area contributed by atoms with Crippen LogP contribution in [0, 0.1) is 0 Å². The summed E-state index contributed by atoms with van der Waals surface area (Å²) in [5, 5.41) is 9.87. The van der Waals surface area contributed by atoms with Gasteiger partial charge in [0.15, 0.2) is 0 Å². The third-order valence-corrected chi connectivity index (χ3v) is 3.98. The van der Waals surface area contributed by atoms with Gasteiger partial charge in [0.1, 0.15) is 0 Å². The van der Waals surface area contributed by atoms with Gasteiger partial charge in [0.2, 0.25) is 0 Å². The number of aliphatic hydroxyl groups is 1. The molecule has 1 fully saturated rings. The van der Waals surface area contributed by atoms with E-state index in [1.54, 1.807) is 0 Å². The molecule has 0 bridgehead atoms. The van der Waals surface area contributed by atoms with Crippen molar-refractivity contribution >= 4 is 5.69 Å². The van der Waals surface area contributed by atoms with E-state index < -0.39 is 6.10 Å². The average molecular weight is 248 g/mol. The Morgan fingerprint density at radius 2 is 2.06 bits per heavy atom. The summed E-state index contributed by atoms with van der Waals surface area (Å²) in [4.78, 5) is 4.84. The molecule has 0 aliphatic carbocycles. The van der Waals surface area contributed by atoms with Crippen molar-refractivity contribution in [2.24, 2.45) is 0 Å². The lowest BCUT2D eigenvalue weighted by Crippen LogP contribution is -2.51. The highest BCUT2D eigenvalue weighted by Crippen LogP contribution is 2.28. The number of likely N-dealkylation sites (N-methyl/N-ethyl adjacent to an activating group) is 1. The fourth-order valence-electron chi connectivity index (χ4n) is 2.73. The third kappa shape index (κ3) is 2.68. The normalized spacial score (nSPS) is 23.1. The average Bonchev–Trinajstić information content (AvgIpc) is 2.39. The second-order valence-electron chi connectivity index (χ2n) is 5.22. The van der Waals surface area contributed by atoms with Crippen molar-refractivity contribution in [3.63, 3.8) is 0 Å². The minimum Gasteiger partial charge on any atom is -0.389 e. The molecule has 2 rings (SSSR count). The molecule has 1 saturated heterocycles. The van der Waals surface area contributed by atoms with Gasteiger partial charge in [-0.15, -0.1) is 0 Å². The number of para-hydroxylation sites is 1. The zero-order valence-corrected chi connectivity index (χ0v) is 11.6. The summed E-state index contributed by atoms with van der Waals surface area (Å²) in [5.41, 5.74) is 2.23. The standard InChI is InChI=1S/C15H24N2O/c1-4-13-11-17(10-9-16(13)3)15-8-6-5-7-14(15)12(2)18/h5-8,12-13,18H,4,9-11H2,1-3H3/t12-,13?/m1/s1. The molecule has 0 saturated carbocycles. The first-order valence-corrected chi connectivity index (χ1v) is 6.85. The van der Waals surface area contributed by atoms with Crippen molar-refractivity contribution in [3.05, 3.63) is 29.8 Å². The number of hydrogen-bond donors (Lipinski definition) is 1. The van der Waals surface area contributed by atoms with Gasteiger partial charge in [0.25, 0.3) is 0 Å². The molecule has 0 amide bonds. The maximum atomic E-state index is 9.87. The summed E-state index contributed by atoms with van der Waals surface area (Å²) >= 11 is 0. The van der Waals surface area contributed by atoms with Gasteiger partial charge < -0.3 is 10.0 Å². The molecule has 1 aromatic carbocycles. The molecule has 1 N–H and O–H groups in total. The van der Waals surface area contributed by atoms with Gasteiger partial charge >= 0.3 is 0 Å². The van der Waals surface area contributed by atoms with Crippen LogP contribution in [0.3, 0.4) is 0 Å². The predicted molar refractivity (Wildman–Crippen MR) is 76.0 cm³/mol. The number of nitrogens with zero attached hydrogens (tertiary/aromatic N) is 2. The number of piperazine rings is 1. The van der Waals surface area contributed by atoms with E-state index >= 15 is 0 Å². The zero-order valence-electron chi connectivity index (χ0n) is 11.6. The lowest BCUT2D eigenvalue weighted by Gasteiger charge is -2.41. The molecule has 3 heteroatoms. The Balaban J connectivity index is 2.21. The van der Waals surface area contributed by atoms with Gasteiger partial charge in [0.05, 0.1) is 6.10 Å². The van der Waals surface area contributed by atoms with E-state index in [1.807, 2.05) is 19.1 Å². The molecule has 100 valence electrons. The third-order valence-electron chi connectivity index (χ3n) is 3.98. The largest absolute Gasteiger partial charge is 0.389 e. The van der Waals surface area contributed by atoms with Crippen molar-refractivity contribution in [2.75, 3.05) is 31.6 Å². The zero-order chi connectivity index (χ0) is 13.1. The molecule has 1 aliphatic heterocycles. The van der Waals surface area contributed by atoms with E-state index in [4.69, 9.17) is 0 Å². The molecule has 0 spiro atoms. The van der Waals surface area contributed by atoms with E-state index in [1.165, 1.54) is 12.1 Å². The van der Waals surface area contributed by atoms with Crippen LogP contribution < -0.4 is 4.90 Å². The van der Waals surface area contributed by atoms with Crippen LogP contribution in [0.4, 0.5) is 5.69 Å². The van der Waals surface area contributed by atoms with Gasteiger partial charge in [-0.2, -0.15) is 0 Å². The van der Waals surface area contributed by atoms with E-state index in [9.17, 15) is 5.11 Å². The number of anilines is 1. The van der Waals surface area contributed by atoms with Gasteiger partial charge in [-0.1, -0.05) is 25.1 Å². The minimum atomic E-state index is -0.402. The first-order valence-electron chi connectivity index (χ1n) is 6.85. The first-order chi connectivity index (χ1) is 8.63. The van der Waals surface area contributed by atoms with Crippen molar-refractivity contribution < 1.29 is 5.11 Å². The topological polar surface area (TPSA) is 26.7 Å². The second kappa shape index (κ2) is 5.72. The highest BCUT2D eigenvalue weighted by Gasteiger charge is 2.24. The van der Waals surface area contributed by atoms with E-state index in [0.717, 1.165) is 25.2 Å². The van der Waals surface area contributed by atoms with Crippen molar-refractivity contribution in [3.8, 4) is 0 Å². The van der Waals surface area contributed by atoms with Crippen molar-refractivity contribution in [1.29, 1.82) is 0 Å². The van der Waals surface area contributed by atoms with Crippen LogP contribution in [-0.4, -0.2) is 42.7 Å². The molecule has 0 aromatic heterocycles. The van der Waals surface area contributed by atoms with Gasteiger partial charge in [-0.3, -0.25) is 4.90 Å². The molecule has 0 radical (unpaired) electrons. The number of hydrogen-bond acceptors (Lipinski definition) is 3. The Morgan fingerprint density at radius 1 is 1.33 bits per heavy atom. The van der Waals surface area contributed by atoms with Crippen molar-refractivity contribution in [1.82, 2.24) is 4.90 Å². The predicted octanol–water partition coefficient (Wildman–Crippen LogP) is 2.27. The summed E-state index contributed by atoms with van der Waals surface area (Å²) in [5.74, 6) is 0. The highest BCUT2D eigenvalue weighted by atomic mass is 16.3. The lowest BCUT2D eigenvalue weighted by atomic mass is 10.0. The summed E-state index contributed by atoms with van der Waals surface area (Å²) in [6.07, 6.45) is 0.769. The Bertz CT molecular complexity index is 392. The van der Waals surface area contributed by atoms with Crippen molar-refractivity contribution in [2.45, 2.75) is 32.4 Å². The van der Waals surface area contributed by atoms with E-state index in [2.05, 4.69) is 35.9 Å². The molecule has 1 aromatic rings. The number of aliphatic hydroxyl groups excluding tert-OH is 1. The van der Waals surface area contributed by atoms with Gasteiger partial charge in [0, 0.05) is 36.9 Å². The van der Waals surface area contributed by atoms with Crippen LogP contribution in [0.5, 0.6) is 0 Å². The fourth-order valence-corrected chi connectivity index (χ4v) is 2.73. The van der Waals surface area contributed by atoms with E-state index in [-0.39, 0.29) is 0 Å². The maximum absolute atomic E-state index is 9.87. The van der Waals surface area contributed by atoms with Gasteiger partial charge in [-0.05, 0) is 26.5 Å². The SMILES string of the molecule is CCC1CN(c2ccccc2[C@@H](C)O)CCN1C. The number of rotatable bonds is 3. The van der Waals surface area contributed by atoms with Crippen LogP contribution in [0.25, 0.3) is 0 Å². The molecular formula is C15H24N2O. The Kier molecular flexibility index (Phi) is 4.25. The molecule has 1 heterocycles. The number of benzene rings is 1. The lowest BCUT2D eigenvalue weighted by molar-refractivity contribution is 0.196. The smallest absolute Gasteiger partial charge is 0.0781 e. The summed E-state index contributed by atoms with van der Waals surface area (Å²) in [6, 6.07) is 8.82. The summed E-state index contributed by atoms with van der Waals surface area (Å²) in [7, 11) is 2.20. The Morgan fingerprint density at radius 3 is 2.72 bits per heavy atom. The molecule has 18 heavy (non-hydrogen) atoms. The highest BCUT2D eigenvalue weighted by molar-refractivity contribution is 5.55. The summed E-state index contributed by atoms with van der Waals surface area (Å²) in [6.45, 7) is 7.26. The molecule has 3 nitrogen and oxygen atoms in total. The van der Waals surface area contributed by atoms with Crippen LogP contribution in [0.1, 0.15) is 31.9 Å². The Labute approximate surface area is 110 Å². The monoisotopic (exact) mass is 248 g/mol.